The zero-order chi connectivity index (χ0) is 15.7. The molecule has 3 rings (SSSR count). The maximum Gasteiger partial charge on any atom is 0.257 e. The van der Waals surface area contributed by atoms with Crippen molar-refractivity contribution in [1.29, 1.82) is 0 Å². The predicted octanol–water partition coefficient (Wildman–Crippen LogP) is 3.10. The number of furan rings is 1. The minimum atomic E-state index is 0.0810. The summed E-state index contributed by atoms with van der Waals surface area (Å²) >= 11 is 0. The van der Waals surface area contributed by atoms with E-state index in [2.05, 4.69) is 18.1 Å². The molecule has 0 saturated carbocycles. The van der Waals surface area contributed by atoms with Crippen molar-refractivity contribution in [3.8, 4) is 0 Å². The predicted molar refractivity (Wildman–Crippen MR) is 83.8 cm³/mol. The van der Waals surface area contributed by atoms with E-state index in [1.54, 1.807) is 12.3 Å². The molecule has 1 aliphatic rings. The van der Waals surface area contributed by atoms with Crippen molar-refractivity contribution in [2.24, 2.45) is 0 Å². The first-order valence-corrected chi connectivity index (χ1v) is 7.92. The molecule has 0 radical (unpaired) electrons. The Hall–Kier alpha value is -2.04. The van der Waals surface area contributed by atoms with Gasteiger partial charge in [0.05, 0.1) is 30.1 Å². The summed E-state index contributed by atoms with van der Waals surface area (Å²) in [6, 6.07) is 4.05. The molecule has 1 atom stereocenters. The number of hydrogen-bond acceptors (Lipinski definition) is 3. The monoisotopic (exact) mass is 301 g/mol. The van der Waals surface area contributed by atoms with E-state index in [1.165, 1.54) is 0 Å². The number of carbonyl (C=O) groups excluding carboxylic acids is 1. The van der Waals surface area contributed by atoms with Crippen LogP contribution >= 0.6 is 0 Å². The third kappa shape index (κ3) is 2.80. The molecule has 1 amide bonds. The van der Waals surface area contributed by atoms with Crippen LogP contribution in [0.1, 0.15) is 46.8 Å². The van der Waals surface area contributed by atoms with Crippen molar-refractivity contribution in [1.82, 2.24) is 14.7 Å². The molecule has 22 heavy (non-hydrogen) atoms. The number of carbonyl (C=O) groups is 1. The van der Waals surface area contributed by atoms with Gasteiger partial charge in [0.2, 0.25) is 0 Å². The lowest BCUT2D eigenvalue weighted by Crippen LogP contribution is -2.46. The second kappa shape index (κ2) is 5.99. The Morgan fingerprint density at radius 1 is 1.36 bits per heavy atom. The number of aromatic nitrogens is 2. The van der Waals surface area contributed by atoms with Crippen LogP contribution in [0, 0.1) is 20.8 Å². The first-order valence-electron chi connectivity index (χ1n) is 7.92. The second-order valence-corrected chi connectivity index (χ2v) is 6.15. The molecule has 0 unspecified atom stereocenters. The van der Waals surface area contributed by atoms with Gasteiger partial charge in [-0.15, -0.1) is 0 Å². The summed E-state index contributed by atoms with van der Waals surface area (Å²) in [6.45, 7) is 7.49. The van der Waals surface area contributed by atoms with Gasteiger partial charge in [-0.2, -0.15) is 5.10 Å². The van der Waals surface area contributed by atoms with E-state index in [9.17, 15) is 4.79 Å². The number of nitrogens with zero attached hydrogens (tertiary/aromatic N) is 3. The van der Waals surface area contributed by atoms with Gasteiger partial charge in [0, 0.05) is 12.2 Å². The Morgan fingerprint density at radius 2 is 2.18 bits per heavy atom. The van der Waals surface area contributed by atoms with Crippen molar-refractivity contribution in [3.63, 3.8) is 0 Å². The summed E-state index contributed by atoms with van der Waals surface area (Å²) in [5.74, 6) is 0.776. The average Bonchev–Trinajstić information content (AvgIpc) is 3.05. The summed E-state index contributed by atoms with van der Waals surface area (Å²) in [4.78, 5) is 14.8. The fourth-order valence-corrected chi connectivity index (χ4v) is 3.28. The van der Waals surface area contributed by atoms with Crippen LogP contribution in [0.15, 0.2) is 22.8 Å². The number of aryl methyl sites for hydroxylation is 3. The second-order valence-electron chi connectivity index (χ2n) is 6.15. The molecule has 1 aliphatic heterocycles. The van der Waals surface area contributed by atoms with Gasteiger partial charge in [-0.05, 0) is 52.2 Å². The molecule has 5 nitrogen and oxygen atoms in total. The van der Waals surface area contributed by atoms with Crippen molar-refractivity contribution >= 4 is 5.91 Å². The largest absolute Gasteiger partial charge is 0.469 e. The zero-order valence-electron chi connectivity index (χ0n) is 13.5. The summed E-state index contributed by atoms with van der Waals surface area (Å²) in [5, 5.41) is 4.54. The van der Waals surface area contributed by atoms with E-state index < -0.39 is 0 Å². The fraction of sp³-hybridized carbons (Fsp3) is 0.529. The minimum Gasteiger partial charge on any atom is -0.469 e. The first-order chi connectivity index (χ1) is 10.6. The summed E-state index contributed by atoms with van der Waals surface area (Å²) < 4.78 is 7.31. The third-order valence-electron chi connectivity index (χ3n) is 4.46. The van der Waals surface area contributed by atoms with E-state index >= 15 is 0 Å². The van der Waals surface area contributed by atoms with Gasteiger partial charge in [-0.25, -0.2) is 0 Å². The van der Waals surface area contributed by atoms with Gasteiger partial charge >= 0.3 is 0 Å². The molecule has 3 heterocycles. The van der Waals surface area contributed by atoms with Crippen molar-refractivity contribution < 1.29 is 9.21 Å². The fourth-order valence-electron chi connectivity index (χ4n) is 3.28. The highest BCUT2D eigenvalue weighted by Crippen LogP contribution is 2.23. The Labute approximate surface area is 130 Å². The summed E-state index contributed by atoms with van der Waals surface area (Å²) in [7, 11) is 0. The minimum absolute atomic E-state index is 0.0810. The van der Waals surface area contributed by atoms with E-state index in [1.807, 2.05) is 23.4 Å². The molecule has 1 saturated heterocycles. The smallest absolute Gasteiger partial charge is 0.257 e. The number of amides is 1. The highest BCUT2D eigenvalue weighted by atomic mass is 16.3. The average molecular weight is 301 g/mol. The number of hydrogen-bond donors (Lipinski definition) is 0. The lowest BCUT2D eigenvalue weighted by atomic mass is 10.0. The Kier molecular flexibility index (Phi) is 4.05. The number of piperidine rings is 1. The molecule has 2 aromatic heterocycles. The van der Waals surface area contributed by atoms with Crippen LogP contribution in [0.5, 0.6) is 0 Å². The highest BCUT2D eigenvalue weighted by Gasteiger charge is 2.29. The summed E-state index contributed by atoms with van der Waals surface area (Å²) in [5.41, 5.74) is 2.85. The van der Waals surface area contributed by atoms with Gasteiger partial charge in [0.15, 0.2) is 0 Å². The van der Waals surface area contributed by atoms with Crippen LogP contribution < -0.4 is 0 Å². The van der Waals surface area contributed by atoms with Gasteiger partial charge in [0.1, 0.15) is 5.76 Å². The maximum atomic E-state index is 12.8. The third-order valence-corrected chi connectivity index (χ3v) is 4.46. The molecular formula is C17H23N3O2. The standard InChI is InChI=1S/C17H23N3O2/c1-12-10-13(2)20(18-12)11-15-6-4-5-8-19(15)17(21)16-7-9-22-14(16)3/h7,9-10,15H,4-6,8,11H2,1-3H3/t15-/m0/s1. The quantitative estimate of drug-likeness (QED) is 0.875. The van der Waals surface area contributed by atoms with Crippen molar-refractivity contribution in [2.45, 2.75) is 52.6 Å². The van der Waals surface area contributed by atoms with Crippen LogP contribution in [-0.2, 0) is 6.54 Å². The number of rotatable bonds is 3. The van der Waals surface area contributed by atoms with Gasteiger partial charge < -0.3 is 9.32 Å². The molecule has 0 N–H and O–H groups in total. The van der Waals surface area contributed by atoms with Gasteiger partial charge in [-0.3, -0.25) is 9.48 Å². The molecule has 118 valence electrons. The molecule has 2 aromatic rings. The van der Waals surface area contributed by atoms with Crippen LogP contribution in [0.25, 0.3) is 0 Å². The van der Waals surface area contributed by atoms with Crippen LogP contribution in [0.4, 0.5) is 0 Å². The lowest BCUT2D eigenvalue weighted by Gasteiger charge is -2.36. The molecule has 1 fully saturated rings. The molecule has 0 aliphatic carbocycles. The molecule has 0 bridgehead atoms. The summed E-state index contributed by atoms with van der Waals surface area (Å²) in [6.07, 6.45) is 4.85. The molecule has 0 aromatic carbocycles. The Morgan fingerprint density at radius 3 is 2.82 bits per heavy atom. The first kappa shape index (κ1) is 14.9. The van der Waals surface area contributed by atoms with E-state index in [4.69, 9.17) is 4.42 Å². The van der Waals surface area contributed by atoms with Crippen LogP contribution in [0.2, 0.25) is 0 Å². The van der Waals surface area contributed by atoms with E-state index in [-0.39, 0.29) is 11.9 Å². The Balaban J connectivity index is 1.81. The topological polar surface area (TPSA) is 51.3 Å². The highest BCUT2D eigenvalue weighted by molar-refractivity contribution is 5.95. The van der Waals surface area contributed by atoms with Gasteiger partial charge in [-0.1, -0.05) is 0 Å². The molecule has 5 heteroatoms. The van der Waals surface area contributed by atoms with Crippen LogP contribution in [0.3, 0.4) is 0 Å². The number of likely N-dealkylation sites (tertiary alicyclic amines) is 1. The van der Waals surface area contributed by atoms with Crippen molar-refractivity contribution in [2.75, 3.05) is 6.54 Å². The maximum absolute atomic E-state index is 12.8. The normalized spacial score (nSPS) is 18.7. The van der Waals surface area contributed by atoms with Crippen LogP contribution in [-0.4, -0.2) is 33.2 Å². The molecule has 0 spiro atoms. The van der Waals surface area contributed by atoms with E-state index in [0.29, 0.717) is 11.3 Å². The van der Waals surface area contributed by atoms with E-state index in [0.717, 1.165) is 43.7 Å². The zero-order valence-corrected chi connectivity index (χ0v) is 13.5. The SMILES string of the molecule is Cc1cc(C)n(C[C@@H]2CCCCN2C(=O)c2ccoc2C)n1. The van der Waals surface area contributed by atoms with Gasteiger partial charge in [0.25, 0.3) is 5.91 Å². The van der Waals surface area contributed by atoms with Crippen molar-refractivity contribution in [3.05, 3.63) is 41.1 Å². The Bertz CT molecular complexity index is 671. The lowest BCUT2D eigenvalue weighted by molar-refractivity contribution is 0.0581. The molecular weight excluding hydrogens is 278 g/mol.